The van der Waals surface area contributed by atoms with Crippen LogP contribution in [0.5, 0.6) is 0 Å². The maximum atomic E-state index is 13.2. The highest BCUT2D eigenvalue weighted by Gasteiger charge is 2.28. The Kier molecular flexibility index (Phi) is 5.34. The molecule has 4 rings (SSSR count). The zero-order valence-corrected chi connectivity index (χ0v) is 16.2. The normalized spacial score (nSPS) is 16.9. The zero-order valence-electron chi connectivity index (χ0n) is 16.2. The smallest absolute Gasteiger partial charge is 0.278 e. The van der Waals surface area contributed by atoms with Gasteiger partial charge < -0.3 is 20.3 Å². The Morgan fingerprint density at radius 1 is 1.31 bits per heavy atom. The SMILES string of the molecule is N#Cc1c(N2CCCC(N)C2)n(Cc2ccccc2)c2c(=O)n(CCO)cnc12. The molecule has 150 valence electrons. The van der Waals surface area contributed by atoms with Gasteiger partial charge in [0.2, 0.25) is 0 Å². The molecule has 0 radical (unpaired) electrons. The van der Waals surface area contributed by atoms with Crippen LogP contribution in [0, 0.1) is 11.3 Å². The minimum Gasteiger partial charge on any atom is -0.395 e. The molecule has 3 aromatic rings. The van der Waals surface area contributed by atoms with Gasteiger partial charge in [0.1, 0.15) is 28.5 Å². The second-order valence-corrected chi connectivity index (χ2v) is 7.39. The highest BCUT2D eigenvalue weighted by Crippen LogP contribution is 2.32. The van der Waals surface area contributed by atoms with Crippen molar-refractivity contribution < 1.29 is 5.11 Å². The van der Waals surface area contributed by atoms with Gasteiger partial charge in [0.25, 0.3) is 5.56 Å². The largest absolute Gasteiger partial charge is 0.395 e. The van der Waals surface area contributed by atoms with E-state index in [0.29, 0.717) is 35.5 Å². The summed E-state index contributed by atoms with van der Waals surface area (Å²) in [6.45, 7) is 1.85. The third-order valence-corrected chi connectivity index (χ3v) is 5.39. The molecule has 1 atom stereocenters. The van der Waals surface area contributed by atoms with Gasteiger partial charge in [-0.1, -0.05) is 30.3 Å². The van der Waals surface area contributed by atoms with E-state index in [1.807, 2.05) is 34.9 Å². The van der Waals surface area contributed by atoms with Crippen molar-refractivity contribution in [3.05, 3.63) is 58.1 Å². The van der Waals surface area contributed by atoms with Crippen LogP contribution in [0.3, 0.4) is 0 Å². The van der Waals surface area contributed by atoms with Gasteiger partial charge in [-0.05, 0) is 18.4 Å². The molecule has 29 heavy (non-hydrogen) atoms. The fraction of sp³-hybridized carbons (Fsp3) is 0.381. The van der Waals surface area contributed by atoms with E-state index < -0.39 is 0 Å². The van der Waals surface area contributed by atoms with Crippen LogP contribution < -0.4 is 16.2 Å². The van der Waals surface area contributed by atoms with E-state index in [9.17, 15) is 15.2 Å². The molecule has 1 unspecified atom stereocenters. The second-order valence-electron chi connectivity index (χ2n) is 7.39. The lowest BCUT2D eigenvalue weighted by molar-refractivity contribution is 0.274. The number of anilines is 1. The summed E-state index contributed by atoms with van der Waals surface area (Å²) in [5.74, 6) is 0.702. The van der Waals surface area contributed by atoms with Gasteiger partial charge in [-0.3, -0.25) is 9.36 Å². The summed E-state index contributed by atoms with van der Waals surface area (Å²) in [6.07, 6.45) is 3.28. The number of fused-ring (bicyclic) bond motifs is 1. The molecule has 0 aliphatic carbocycles. The standard InChI is InChI=1S/C21H24N6O2/c22-11-17-18-19(21(29)26(9-10-28)14-24-18)27(12-15-5-2-1-3-6-15)20(17)25-8-4-7-16(23)13-25/h1-3,5-6,14,16,28H,4,7-10,12-13,23H2. The van der Waals surface area contributed by atoms with Crippen molar-refractivity contribution >= 4 is 16.9 Å². The summed E-state index contributed by atoms with van der Waals surface area (Å²) in [5, 5.41) is 19.2. The monoisotopic (exact) mass is 392 g/mol. The highest BCUT2D eigenvalue weighted by atomic mass is 16.3. The molecular formula is C21H24N6O2. The van der Waals surface area contributed by atoms with Crippen molar-refractivity contribution in [3.8, 4) is 6.07 Å². The topological polar surface area (TPSA) is 113 Å². The first kappa shape index (κ1) is 19.2. The average molecular weight is 392 g/mol. The highest BCUT2D eigenvalue weighted by molar-refractivity contribution is 5.89. The Morgan fingerprint density at radius 2 is 2.10 bits per heavy atom. The van der Waals surface area contributed by atoms with Gasteiger partial charge in [0, 0.05) is 25.7 Å². The molecule has 3 N–H and O–H groups in total. The lowest BCUT2D eigenvalue weighted by atomic mass is 10.1. The maximum Gasteiger partial charge on any atom is 0.278 e. The number of benzene rings is 1. The number of nitrogens with two attached hydrogens (primary N) is 1. The number of rotatable bonds is 5. The van der Waals surface area contributed by atoms with Crippen LogP contribution in [0.1, 0.15) is 24.0 Å². The van der Waals surface area contributed by atoms with E-state index >= 15 is 0 Å². The lowest BCUT2D eigenvalue weighted by Gasteiger charge is -2.33. The van der Waals surface area contributed by atoms with Gasteiger partial charge in [0.05, 0.1) is 19.5 Å². The molecule has 1 fully saturated rings. The van der Waals surface area contributed by atoms with Crippen LogP contribution in [-0.2, 0) is 13.1 Å². The predicted octanol–water partition coefficient (Wildman–Crippen LogP) is 1.04. The van der Waals surface area contributed by atoms with Gasteiger partial charge in [-0.25, -0.2) is 4.98 Å². The van der Waals surface area contributed by atoms with Crippen LogP contribution in [0.4, 0.5) is 5.82 Å². The number of hydrogen-bond acceptors (Lipinski definition) is 6. The first-order valence-corrected chi connectivity index (χ1v) is 9.81. The minimum absolute atomic E-state index is 0.0255. The Balaban J connectivity index is 1.98. The Hall–Kier alpha value is -3.15. The molecule has 0 spiro atoms. The van der Waals surface area contributed by atoms with Crippen LogP contribution >= 0.6 is 0 Å². The number of aliphatic hydroxyl groups excluding tert-OH is 1. The molecule has 0 amide bonds. The van der Waals surface area contributed by atoms with Crippen LogP contribution in [0.15, 0.2) is 41.5 Å². The van der Waals surface area contributed by atoms with Crippen molar-refractivity contribution in [2.45, 2.75) is 32.0 Å². The summed E-state index contributed by atoms with van der Waals surface area (Å²) in [5.41, 5.74) is 8.15. The molecular weight excluding hydrogens is 368 g/mol. The molecule has 1 aliphatic heterocycles. The molecule has 3 heterocycles. The van der Waals surface area contributed by atoms with E-state index in [-0.39, 0.29) is 24.8 Å². The first-order chi connectivity index (χ1) is 14.1. The van der Waals surface area contributed by atoms with Crippen LogP contribution in [0.25, 0.3) is 11.0 Å². The molecule has 8 nitrogen and oxygen atoms in total. The fourth-order valence-electron chi connectivity index (χ4n) is 4.07. The van der Waals surface area contributed by atoms with Crippen molar-refractivity contribution in [2.24, 2.45) is 5.73 Å². The zero-order chi connectivity index (χ0) is 20.4. The Bertz CT molecular complexity index is 1110. The number of nitriles is 1. The molecule has 1 saturated heterocycles. The van der Waals surface area contributed by atoms with E-state index in [0.717, 1.165) is 24.9 Å². The Labute approximate surface area is 168 Å². The van der Waals surface area contributed by atoms with Crippen molar-refractivity contribution in [2.75, 3.05) is 24.6 Å². The first-order valence-electron chi connectivity index (χ1n) is 9.81. The van der Waals surface area contributed by atoms with Crippen molar-refractivity contribution in [3.63, 3.8) is 0 Å². The molecule has 1 aromatic carbocycles. The number of aliphatic hydroxyl groups is 1. The van der Waals surface area contributed by atoms with E-state index in [4.69, 9.17) is 5.73 Å². The lowest BCUT2D eigenvalue weighted by Crippen LogP contribution is -2.44. The van der Waals surface area contributed by atoms with Crippen molar-refractivity contribution in [1.82, 2.24) is 14.1 Å². The number of piperidine rings is 1. The maximum absolute atomic E-state index is 13.2. The van der Waals surface area contributed by atoms with Crippen molar-refractivity contribution in [1.29, 1.82) is 5.26 Å². The second kappa shape index (κ2) is 8.07. The van der Waals surface area contributed by atoms with Gasteiger partial charge in [0.15, 0.2) is 0 Å². The number of hydrogen-bond donors (Lipinski definition) is 2. The minimum atomic E-state index is -0.260. The molecule has 8 heteroatoms. The number of nitrogens with zero attached hydrogens (tertiary/aromatic N) is 5. The van der Waals surface area contributed by atoms with Crippen LogP contribution in [-0.4, -0.2) is 45.0 Å². The number of aromatic nitrogens is 3. The summed E-state index contributed by atoms with van der Waals surface area (Å²) < 4.78 is 3.28. The third kappa shape index (κ3) is 3.50. The predicted molar refractivity (Wildman–Crippen MR) is 111 cm³/mol. The van der Waals surface area contributed by atoms with E-state index in [2.05, 4.69) is 16.0 Å². The van der Waals surface area contributed by atoms with Gasteiger partial charge >= 0.3 is 0 Å². The summed E-state index contributed by atoms with van der Waals surface area (Å²) >= 11 is 0. The summed E-state index contributed by atoms with van der Waals surface area (Å²) in [7, 11) is 0. The Morgan fingerprint density at radius 3 is 2.79 bits per heavy atom. The summed E-state index contributed by atoms with van der Waals surface area (Å²) in [4.78, 5) is 19.7. The fourth-order valence-corrected chi connectivity index (χ4v) is 4.07. The van der Waals surface area contributed by atoms with E-state index in [1.54, 1.807) is 0 Å². The average Bonchev–Trinajstić information content (AvgIpc) is 3.05. The van der Waals surface area contributed by atoms with Gasteiger partial charge in [-0.15, -0.1) is 0 Å². The summed E-state index contributed by atoms with van der Waals surface area (Å²) in [6, 6.07) is 12.1. The molecule has 1 aliphatic rings. The van der Waals surface area contributed by atoms with E-state index in [1.165, 1.54) is 10.9 Å². The third-order valence-electron chi connectivity index (χ3n) is 5.39. The molecule has 2 aromatic heterocycles. The molecule has 0 bridgehead atoms. The van der Waals surface area contributed by atoms with Gasteiger partial charge in [-0.2, -0.15) is 5.26 Å². The quantitative estimate of drug-likeness (QED) is 0.671. The van der Waals surface area contributed by atoms with Crippen LogP contribution in [0.2, 0.25) is 0 Å². The molecule has 0 saturated carbocycles.